The average Bonchev–Trinajstić information content (AvgIpc) is 3.05. The quantitative estimate of drug-likeness (QED) is 0.483. The number of esters is 1. The van der Waals surface area contributed by atoms with Crippen LogP contribution in [0.5, 0.6) is 0 Å². The Labute approximate surface area is 158 Å². The summed E-state index contributed by atoms with van der Waals surface area (Å²) in [6, 6.07) is 23.5. The van der Waals surface area contributed by atoms with E-state index in [0.29, 0.717) is 5.69 Å². The van der Waals surface area contributed by atoms with Gasteiger partial charge in [-0.1, -0.05) is 54.6 Å². The average molecular weight is 356 g/mol. The SMILES string of the molecule is Cc1cccc(-n2nc3cc(C)ccc3c2C(=O)OCc2ccccc2)c1. The smallest absolute Gasteiger partial charge is 0.358 e. The van der Waals surface area contributed by atoms with E-state index < -0.39 is 0 Å². The summed E-state index contributed by atoms with van der Waals surface area (Å²) in [7, 11) is 0. The van der Waals surface area contributed by atoms with Gasteiger partial charge in [0.15, 0.2) is 5.69 Å². The number of aromatic nitrogens is 2. The van der Waals surface area contributed by atoms with E-state index in [1.165, 1.54) is 0 Å². The summed E-state index contributed by atoms with van der Waals surface area (Å²) >= 11 is 0. The first-order chi connectivity index (χ1) is 13.1. The molecule has 3 aromatic carbocycles. The highest BCUT2D eigenvalue weighted by atomic mass is 16.5. The largest absolute Gasteiger partial charge is 0.456 e. The fourth-order valence-corrected chi connectivity index (χ4v) is 3.13. The summed E-state index contributed by atoms with van der Waals surface area (Å²) in [4.78, 5) is 13.0. The van der Waals surface area contributed by atoms with E-state index in [1.807, 2.05) is 86.6 Å². The van der Waals surface area contributed by atoms with Gasteiger partial charge in [-0.2, -0.15) is 5.10 Å². The van der Waals surface area contributed by atoms with E-state index in [9.17, 15) is 4.79 Å². The van der Waals surface area contributed by atoms with Gasteiger partial charge in [-0.25, -0.2) is 9.48 Å². The molecule has 0 radical (unpaired) electrons. The third-order valence-electron chi connectivity index (χ3n) is 4.48. The van der Waals surface area contributed by atoms with Crippen molar-refractivity contribution in [2.24, 2.45) is 0 Å². The van der Waals surface area contributed by atoms with Crippen molar-refractivity contribution < 1.29 is 9.53 Å². The van der Waals surface area contributed by atoms with Crippen LogP contribution >= 0.6 is 0 Å². The maximum atomic E-state index is 13.0. The maximum Gasteiger partial charge on any atom is 0.358 e. The minimum atomic E-state index is -0.383. The third kappa shape index (κ3) is 3.47. The molecule has 0 saturated heterocycles. The first kappa shape index (κ1) is 17.0. The van der Waals surface area contributed by atoms with Gasteiger partial charge in [0.2, 0.25) is 0 Å². The van der Waals surface area contributed by atoms with E-state index in [-0.39, 0.29) is 12.6 Å². The lowest BCUT2D eigenvalue weighted by Crippen LogP contribution is -2.12. The van der Waals surface area contributed by atoms with Crippen molar-refractivity contribution in [1.82, 2.24) is 9.78 Å². The highest BCUT2D eigenvalue weighted by molar-refractivity contribution is 6.03. The summed E-state index contributed by atoms with van der Waals surface area (Å²) in [6.07, 6.45) is 0. The zero-order chi connectivity index (χ0) is 18.8. The molecule has 0 spiro atoms. The van der Waals surface area contributed by atoms with Gasteiger partial charge >= 0.3 is 5.97 Å². The molecule has 0 unspecified atom stereocenters. The molecule has 0 aliphatic rings. The van der Waals surface area contributed by atoms with Crippen molar-refractivity contribution in [3.05, 3.63) is 95.2 Å². The first-order valence-electron chi connectivity index (χ1n) is 8.89. The van der Waals surface area contributed by atoms with Crippen molar-refractivity contribution in [3.63, 3.8) is 0 Å². The molecule has 4 heteroatoms. The Morgan fingerprint density at radius 3 is 2.48 bits per heavy atom. The van der Waals surface area contributed by atoms with Crippen molar-refractivity contribution in [3.8, 4) is 5.69 Å². The van der Waals surface area contributed by atoms with Gasteiger partial charge in [0.05, 0.1) is 11.2 Å². The van der Waals surface area contributed by atoms with Crippen LogP contribution in [0, 0.1) is 13.8 Å². The molecule has 4 nitrogen and oxygen atoms in total. The topological polar surface area (TPSA) is 44.1 Å². The number of aryl methyl sites for hydroxylation is 2. The monoisotopic (exact) mass is 356 g/mol. The normalized spacial score (nSPS) is 10.9. The maximum absolute atomic E-state index is 13.0. The van der Waals surface area contributed by atoms with Crippen molar-refractivity contribution in [2.45, 2.75) is 20.5 Å². The molecule has 0 aliphatic heterocycles. The molecular weight excluding hydrogens is 336 g/mol. The number of benzene rings is 3. The Bertz CT molecular complexity index is 1110. The molecule has 0 aliphatic carbocycles. The number of rotatable bonds is 4. The van der Waals surface area contributed by atoms with Gasteiger partial charge in [0.1, 0.15) is 6.61 Å². The summed E-state index contributed by atoms with van der Waals surface area (Å²) in [5.41, 5.74) is 5.23. The van der Waals surface area contributed by atoms with E-state index in [0.717, 1.165) is 33.3 Å². The lowest BCUT2D eigenvalue weighted by atomic mass is 10.1. The molecule has 0 N–H and O–H groups in total. The molecule has 0 bridgehead atoms. The third-order valence-corrected chi connectivity index (χ3v) is 4.48. The molecule has 1 aromatic heterocycles. The van der Waals surface area contributed by atoms with Crippen molar-refractivity contribution in [2.75, 3.05) is 0 Å². The molecule has 1 heterocycles. The second-order valence-electron chi connectivity index (χ2n) is 6.68. The van der Waals surface area contributed by atoms with E-state index >= 15 is 0 Å². The molecule has 4 rings (SSSR count). The predicted octanol–water partition coefficient (Wildman–Crippen LogP) is 5.00. The van der Waals surface area contributed by atoms with E-state index in [1.54, 1.807) is 4.68 Å². The molecule has 0 atom stereocenters. The molecule has 0 saturated carbocycles. The number of nitrogens with zero attached hydrogens (tertiary/aromatic N) is 2. The summed E-state index contributed by atoms with van der Waals surface area (Å²) in [5, 5.41) is 5.47. The fourth-order valence-electron chi connectivity index (χ4n) is 3.13. The fraction of sp³-hybridized carbons (Fsp3) is 0.130. The second-order valence-corrected chi connectivity index (χ2v) is 6.68. The minimum Gasteiger partial charge on any atom is -0.456 e. The predicted molar refractivity (Wildman–Crippen MR) is 106 cm³/mol. The number of carbonyl (C=O) groups is 1. The molecular formula is C23H20N2O2. The highest BCUT2D eigenvalue weighted by Crippen LogP contribution is 2.24. The van der Waals surface area contributed by atoms with Crippen molar-refractivity contribution >= 4 is 16.9 Å². The van der Waals surface area contributed by atoms with Gasteiger partial charge in [0.25, 0.3) is 0 Å². The van der Waals surface area contributed by atoms with E-state index in [2.05, 4.69) is 5.10 Å². The second kappa shape index (κ2) is 7.08. The van der Waals surface area contributed by atoms with Crippen LogP contribution in [0.2, 0.25) is 0 Å². The lowest BCUT2D eigenvalue weighted by molar-refractivity contribution is 0.0464. The molecule has 134 valence electrons. The van der Waals surface area contributed by atoms with Gasteiger partial charge < -0.3 is 4.74 Å². The molecule has 0 amide bonds. The number of fused-ring (bicyclic) bond motifs is 1. The zero-order valence-electron chi connectivity index (χ0n) is 15.3. The van der Waals surface area contributed by atoms with Gasteiger partial charge in [-0.05, 0) is 48.7 Å². The summed E-state index contributed by atoms with van der Waals surface area (Å²) in [5.74, 6) is -0.383. The van der Waals surface area contributed by atoms with Crippen LogP contribution in [0.3, 0.4) is 0 Å². The van der Waals surface area contributed by atoms with Crippen LogP contribution in [0.1, 0.15) is 27.2 Å². The number of hydrogen-bond acceptors (Lipinski definition) is 3. The van der Waals surface area contributed by atoms with Crippen LogP contribution < -0.4 is 0 Å². The molecule has 27 heavy (non-hydrogen) atoms. The van der Waals surface area contributed by atoms with Crippen LogP contribution in [0.15, 0.2) is 72.8 Å². The Morgan fingerprint density at radius 2 is 1.70 bits per heavy atom. The van der Waals surface area contributed by atoms with Gasteiger partial charge in [-0.15, -0.1) is 0 Å². The van der Waals surface area contributed by atoms with Crippen LogP contribution in [0.25, 0.3) is 16.6 Å². The van der Waals surface area contributed by atoms with Gasteiger partial charge in [-0.3, -0.25) is 0 Å². The van der Waals surface area contributed by atoms with E-state index in [4.69, 9.17) is 4.74 Å². The Kier molecular flexibility index (Phi) is 4.47. The molecule has 0 fully saturated rings. The summed E-state index contributed by atoms with van der Waals surface area (Å²) < 4.78 is 7.29. The van der Waals surface area contributed by atoms with Gasteiger partial charge in [0, 0.05) is 5.39 Å². The van der Waals surface area contributed by atoms with Crippen LogP contribution in [-0.4, -0.2) is 15.7 Å². The first-order valence-corrected chi connectivity index (χ1v) is 8.89. The standard InChI is InChI=1S/C23H20N2O2/c1-16-7-6-10-19(13-16)25-22(20-12-11-17(2)14-21(20)24-25)23(26)27-15-18-8-4-3-5-9-18/h3-14H,15H2,1-2H3. The highest BCUT2D eigenvalue weighted by Gasteiger charge is 2.21. The summed E-state index contributed by atoms with van der Waals surface area (Å²) in [6.45, 7) is 4.26. The minimum absolute atomic E-state index is 0.228. The number of carbonyl (C=O) groups excluding carboxylic acids is 1. The van der Waals surface area contributed by atoms with Crippen molar-refractivity contribution in [1.29, 1.82) is 0 Å². The number of hydrogen-bond donors (Lipinski definition) is 0. The Hall–Kier alpha value is -3.40. The van der Waals surface area contributed by atoms with Crippen LogP contribution in [0.4, 0.5) is 0 Å². The Balaban J connectivity index is 1.77. The number of ether oxygens (including phenoxy) is 1. The zero-order valence-corrected chi connectivity index (χ0v) is 15.3. The Morgan fingerprint density at radius 1 is 0.926 bits per heavy atom. The molecule has 4 aromatic rings. The lowest BCUT2D eigenvalue weighted by Gasteiger charge is -2.09. The van der Waals surface area contributed by atoms with Crippen LogP contribution in [-0.2, 0) is 11.3 Å².